The molecule has 0 N–H and O–H groups in total. The van der Waals surface area contributed by atoms with Gasteiger partial charge in [0.25, 0.3) is 0 Å². The quantitative estimate of drug-likeness (QED) is 0.270. The van der Waals surface area contributed by atoms with Crippen LogP contribution in [-0.4, -0.2) is 5.97 Å². The molecule has 24 heavy (non-hydrogen) atoms. The van der Waals surface area contributed by atoms with Gasteiger partial charge in [0.1, 0.15) is 0 Å². The summed E-state index contributed by atoms with van der Waals surface area (Å²) < 4.78 is 0. The number of allylic oxidation sites excluding steroid dienone is 8. The molecule has 0 heterocycles. The van der Waals surface area contributed by atoms with E-state index < -0.39 is 5.97 Å². The van der Waals surface area contributed by atoms with Crippen molar-refractivity contribution in [1.29, 1.82) is 0 Å². The number of rotatable bonds is 16. The summed E-state index contributed by atoms with van der Waals surface area (Å²) in [5.41, 5.74) is 0. The van der Waals surface area contributed by atoms with Crippen molar-refractivity contribution in [2.75, 3.05) is 0 Å². The largest absolute Gasteiger partial charge is 0.550 e. The zero-order valence-electron chi connectivity index (χ0n) is 15.4. The molecular formula is C22H35O2-. The molecule has 0 aromatic heterocycles. The van der Waals surface area contributed by atoms with Gasteiger partial charge in [-0.05, 0) is 51.4 Å². The highest BCUT2D eigenvalue weighted by Gasteiger charge is 1.91. The predicted molar refractivity (Wildman–Crippen MR) is 103 cm³/mol. The third-order valence-corrected chi connectivity index (χ3v) is 3.72. The average molecular weight is 332 g/mol. The van der Waals surface area contributed by atoms with Crippen LogP contribution in [-0.2, 0) is 4.79 Å². The molecular weight excluding hydrogens is 296 g/mol. The first-order valence-corrected chi connectivity index (χ1v) is 9.57. The van der Waals surface area contributed by atoms with Crippen LogP contribution in [0.2, 0.25) is 0 Å². The molecule has 2 heteroatoms. The van der Waals surface area contributed by atoms with Gasteiger partial charge in [-0.25, -0.2) is 0 Å². The number of hydrogen-bond acceptors (Lipinski definition) is 2. The lowest BCUT2D eigenvalue weighted by Crippen LogP contribution is -2.21. The predicted octanol–water partition coefficient (Wildman–Crippen LogP) is 5.66. The number of aliphatic carboxylic acids is 1. The van der Waals surface area contributed by atoms with Crippen LogP contribution in [0, 0.1) is 0 Å². The minimum absolute atomic E-state index is 0.210. The van der Waals surface area contributed by atoms with E-state index in [2.05, 4.69) is 55.5 Å². The van der Waals surface area contributed by atoms with E-state index >= 15 is 0 Å². The van der Waals surface area contributed by atoms with Crippen molar-refractivity contribution < 1.29 is 9.90 Å². The first-order valence-electron chi connectivity index (χ1n) is 9.57. The molecule has 0 fully saturated rings. The van der Waals surface area contributed by atoms with Gasteiger partial charge in [-0.1, -0.05) is 81.2 Å². The summed E-state index contributed by atoms with van der Waals surface area (Å²) in [5.74, 6) is -0.922. The molecule has 0 aromatic carbocycles. The van der Waals surface area contributed by atoms with Crippen molar-refractivity contribution in [3.63, 3.8) is 0 Å². The van der Waals surface area contributed by atoms with Crippen molar-refractivity contribution >= 4 is 5.97 Å². The Morgan fingerprint density at radius 3 is 1.67 bits per heavy atom. The van der Waals surface area contributed by atoms with Crippen LogP contribution in [0.5, 0.6) is 0 Å². The van der Waals surface area contributed by atoms with Gasteiger partial charge < -0.3 is 9.90 Å². The number of unbranched alkanes of at least 4 members (excludes halogenated alkanes) is 6. The molecule has 0 rings (SSSR count). The molecule has 0 saturated carbocycles. The third kappa shape index (κ3) is 20.4. The van der Waals surface area contributed by atoms with E-state index in [1.165, 1.54) is 19.3 Å². The fourth-order valence-corrected chi connectivity index (χ4v) is 2.34. The molecule has 0 amide bonds. The maximum absolute atomic E-state index is 10.3. The number of carboxylic acids is 1. The molecule has 0 radical (unpaired) electrons. The molecule has 0 spiro atoms. The van der Waals surface area contributed by atoms with Crippen molar-refractivity contribution in [3.8, 4) is 0 Å². The number of hydrogen-bond donors (Lipinski definition) is 0. The summed E-state index contributed by atoms with van der Waals surface area (Å²) in [6, 6.07) is 0. The Bertz CT molecular complexity index is 389. The Labute approximate surface area is 149 Å². The zero-order valence-corrected chi connectivity index (χ0v) is 15.4. The van der Waals surface area contributed by atoms with Crippen LogP contribution >= 0.6 is 0 Å². The smallest absolute Gasteiger partial charge is 0.0414 e. The monoisotopic (exact) mass is 331 g/mol. The van der Waals surface area contributed by atoms with Crippen molar-refractivity contribution in [3.05, 3.63) is 48.6 Å². The van der Waals surface area contributed by atoms with Crippen LogP contribution in [0.15, 0.2) is 48.6 Å². The number of carbonyl (C=O) groups excluding carboxylic acids is 1. The van der Waals surface area contributed by atoms with Crippen LogP contribution in [0.25, 0.3) is 0 Å². The second-order valence-corrected chi connectivity index (χ2v) is 6.03. The fourth-order valence-electron chi connectivity index (χ4n) is 2.34. The van der Waals surface area contributed by atoms with Gasteiger partial charge in [-0.3, -0.25) is 0 Å². The summed E-state index contributed by atoms with van der Waals surface area (Å²) in [6.45, 7) is 2.15. The van der Waals surface area contributed by atoms with Gasteiger partial charge in [0.15, 0.2) is 0 Å². The maximum atomic E-state index is 10.3. The summed E-state index contributed by atoms with van der Waals surface area (Å²) in [4.78, 5) is 10.3. The van der Waals surface area contributed by atoms with E-state index in [0.717, 1.165) is 51.4 Å². The molecule has 0 unspecified atom stereocenters. The molecule has 0 saturated heterocycles. The van der Waals surface area contributed by atoms with Crippen LogP contribution in [0.4, 0.5) is 0 Å². The Balaban J connectivity index is 3.30. The lowest BCUT2D eigenvalue weighted by molar-refractivity contribution is -0.305. The van der Waals surface area contributed by atoms with E-state index in [0.29, 0.717) is 0 Å². The third-order valence-electron chi connectivity index (χ3n) is 3.72. The minimum atomic E-state index is -0.922. The van der Waals surface area contributed by atoms with Crippen molar-refractivity contribution in [1.82, 2.24) is 0 Å². The normalized spacial score (nSPS) is 12.4. The fraction of sp³-hybridized carbons (Fsp3) is 0.591. The first-order chi connectivity index (χ1) is 11.8. The Morgan fingerprint density at radius 2 is 1.12 bits per heavy atom. The molecule has 0 bridgehead atoms. The highest BCUT2D eigenvalue weighted by molar-refractivity contribution is 5.63. The van der Waals surface area contributed by atoms with E-state index in [1.807, 2.05) is 0 Å². The van der Waals surface area contributed by atoms with Gasteiger partial charge in [0.05, 0.1) is 0 Å². The number of carbonyl (C=O) groups is 1. The van der Waals surface area contributed by atoms with Crippen molar-refractivity contribution in [2.45, 2.75) is 84.0 Å². The molecule has 2 nitrogen and oxygen atoms in total. The van der Waals surface area contributed by atoms with Gasteiger partial charge in [-0.15, -0.1) is 0 Å². The average Bonchev–Trinajstić information content (AvgIpc) is 2.56. The molecule has 0 aromatic rings. The van der Waals surface area contributed by atoms with E-state index in [9.17, 15) is 9.90 Å². The topological polar surface area (TPSA) is 40.1 Å². The van der Waals surface area contributed by atoms with Gasteiger partial charge in [0.2, 0.25) is 0 Å². The molecule has 0 aliphatic heterocycles. The van der Waals surface area contributed by atoms with E-state index in [1.54, 1.807) is 0 Å². The Kier molecular flexibility index (Phi) is 18.2. The Hall–Kier alpha value is -1.57. The first kappa shape index (κ1) is 22.4. The zero-order chi connectivity index (χ0) is 17.7. The lowest BCUT2D eigenvalue weighted by atomic mass is 10.1. The highest BCUT2D eigenvalue weighted by atomic mass is 16.4. The van der Waals surface area contributed by atoms with E-state index in [4.69, 9.17) is 0 Å². The van der Waals surface area contributed by atoms with Crippen LogP contribution < -0.4 is 5.11 Å². The standard InChI is InChI=1S/C22H36O2/c1-2-3-4-5-6-7-8-9-10-11-12-13-14-15-16-17-18-19-20-21-22(23)24/h3-4,6-7,9-10,12-13H,2,5,8,11,14-21H2,1H3,(H,23,24)/p-1/b4-3-,7-6-,10-9-,13-12-. The van der Waals surface area contributed by atoms with Gasteiger partial charge in [0, 0.05) is 5.97 Å². The van der Waals surface area contributed by atoms with Gasteiger partial charge in [-0.2, -0.15) is 0 Å². The second-order valence-electron chi connectivity index (χ2n) is 6.03. The van der Waals surface area contributed by atoms with E-state index in [-0.39, 0.29) is 6.42 Å². The number of carboxylic acid groups (broad SMARTS) is 1. The summed E-state index contributed by atoms with van der Waals surface area (Å²) in [5, 5.41) is 10.3. The molecule has 136 valence electrons. The minimum Gasteiger partial charge on any atom is -0.550 e. The lowest BCUT2D eigenvalue weighted by Gasteiger charge is -2.01. The van der Waals surface area contributed by atoms with Crippen LogP contribution in [0.3, 0.4) is 0 Å². The van der Waals surface area contributed by atoms with Crippen molar-refractivity contribution in [2.24, 2.45) is 0 Å². The summed E-state index contributed by atoms with van der Waals surface area (Å²) in [7, 11) is 0. The summed E-state index contributed by atoms with van der Waals surface area (Å²) in [6.07, 6.45) is 29.9. The molecule has 0 aliphatic carbocycles. The SMILES string of the molecule is CC/C=C\C/C=C\C/C=C\C/C=C\CCCCCCCCC(=O)[O-]. The maximum Gasteiger partial charge on any atom is 0.0414 e. The second kappa shape index (κ2) is 19.5. The van der Waals surface area contributed by atoms with Crippen LogP contribution in [0.1, 0.15) is 84.0 Å². The molecule has 0 atom stereocenters. The Morgan fingerprint density at radius 1 is 0.667 bits per heavy atom. The summed E-state index contributed by atoms with van der Waals surface area (Å²) >= 11 is 0. The molecule has 0 aliphatic rings. The van der Waals surface area contributed by atoms with Gasteiger partial charge >= 0.3 is 0 Å². The highest BCUT2D eigenvalue weighted by Crippen LogP contribution is 2.08.